The number of fused-ring (bicyclic) bond motifs is 1. The molecule has 4 nitrogen and oxygen atoms in total. The van der Waals surface area contributed by atoms with Gasteiger partial charge >= 0.3 is 0 Å². The van der Waals surface area contributed by atoms with Crippen LogP contribution in [0.4, 0.5) is 0 Å². The molecular formula is C22H30O4. The predicted molar refractivity (Wildman–Crippen MR) is 102 cm³/mol. The first kappa shape index (κ1) is 19.0. The SMILES string of the molecule is CCC.CCc1ccc(OC)c2c1C13CCCCC1(O)C=CC(=O)C3O2. The Hall–Kier alpha value is -1.81. The smallest absolute Gasteiger partial charge is 0.196 e. The standard InChI is InChI=1S/C19H22O4.C3H8/c1-3-12-6-7-14(22-2)16-15(12)19-10-5-4-9-18(19,21)11-8-13(20)17(19)23-16;1-3-2/h6-8,11,17,21H,3-5,9-10H2,1-2H3;3H2,1-2H3. The third kappa shape index (κ3) is 2.50. The van der Waals surface area contributed by atoms with Crippen molar-refractivity contribution in [3.63, 3.8) is 0 Å². The van der Waals surface area contributed by atoms with Crippen LogP contribution in [0.5, 0.6) is 11.5 Å². The van der Waals surface area contributed by atoms with E-state index in [1.807, 2.05) is 12.1 Å². The normalized spacial score (nSPS) is 31.1. The lowest BCUT2D eigenvalue weighted by atomic mass is 9.54. The van der Waals surface area contributed by atoms with Gasteiger partial charge in [-0.25, -0.2) is 0 Å². The van der Waals surface area contributed by atoms with Crippen LogP contribution in [0.15, 0.2) is 24.3 Å². The minimum atomic E-state index is -1.02. The van der Waals surface area contributed by atoms with Gasteiger partial charge in [-0.15, -0.1) is 0 Å². The molecule has 4 rings (SSSR count). The summed E-state index contributed by atoms with van der Waals surface area (Å²) >= 11 is 0. The van der Waals surface area contributed by atoms with E-state index in [0.717, 1.165) is 36.8 Å². The first-order valence-corrected chi connectivity index (χ1v) is 9.81. The Kier molecular flexibility index (Phi) is 5.16. The number of ether oxygens (including phenoxy) is 2. The second-order valence-corrected chi connectivity index (χ2v) is 7.53. The van der Waals surface area contributed by atoms with Crippen LogP contribution in [-0.2, 0) is 16.6 Å². The summed E-state index contributed by atoms with van der Waals surface area (Å²) in [6.45, 7) is 6.34. The van der Waals surface area contributed by atoms with Crippen molar-refractivity contribution >= 4 is 5.78 Å². The third-order valence-corrected chi connectivity index (χ3v) is 5.87. The lowest BCUT2D eigenvalue weighted by molar-refractivity contribution is -0.134. The highest BCUT2D eigenvalue weighted by molar-refractivity contribution is 5.98. The van der Waals surface area contributed by atoms with E-state index >= 15 is 0 Å². The Morgan fingerprint density at radius 1 is 1.23 bits per heavy atom. The quantitative estimate of drug-likeness (QED) is 0.864. The molecule has 0 bridgehead atoms. The molecule has 3 unspecified atom stereocenters. The topological polar surface area (TPSA) is 55.8 Å². The maximum absolute atomic E-state index is 12.6. The van der Waals surface area contributed by atoms with E-state index in [-0.39, 0.29) is 5.78 Å². The minimum absolute atomic E-state index is 0.0584. The minimum Gasteiger partial charge on any atom is -0.493 e. The number of hydrogen-bond donors (Lipinski definition) is 1. The molecule has 0 radical (unpaired) electrons. The van der Waals surface area contributed by atoms with E-state index in [1.165, 1.54) is 12.5 Å². The van der Waals surface area contributed by atoms with Crippen LogP contribution in [0.3, 0.4) is 0 Å². The van der Waals surface area contributed by atoms with Crippen LogP contribution in [0.25, 0.3) is 0 Å². The molecule has 1 fully saturated rings. The fraction of sp³-hybridized carbons (Fsp3) is 0.591. The Labute approximate surface area is 156 Å². The van der Waals surface area contributed by atoms with Crippen LogP contribution in [0, 0.1) is 0 Å². The number of carbonyl (C=O) groups excluding carboxylic acids is 1. The molecule has 2 aliphatic carbocycles. The fourth-order valence-corrected chi connectivity index (χ4v) is 4.79. The van der Waals surface area contributed by atoms with Gasteiger partial charge in [0.1, 0.15) is 0 Å². The molecule has 1 aliphatic heterocycles. The maximum atomic E-state index is 12.6. The van der Waals surface area contributed by atoms with Crippen LogP contribution in [-0.4, -0.2) is 29.7 Å². The summed E-state index contributed by atoms with van der Waals surface area (Å²) in [7, 11) is 1.61. The van der Waals surface area contributed by atoms with Gasteiger partial charge in [0.25, 0.3) is 0 Å². The number of carbonyl (C=O) groups is 1. The van der Waals surface area contributed by atoms with Gasteiger partial charge in [-0.2, -0.15) is 0 Å². The van der Waals surface area contributed by atoms with Crippen LogP contribution in [0.1, 0.15) is 64.0 Å². The second kappa shape index (κ2) is 7.07. The zero-order valence-electron chi connectivity index (χ0n) is 16.3. The van der Waals surface area contributed by atoms with Crippen molar-refractivity contribution in [3.05, 3.63) is 35.4 Å². The van der Waals surface area contributed by atoms with E-state index in [4.69, 9.17) is 9.47 Å². The van der Waals surface area contributed by atoms with E-state index in [9.17, 15) is 9.90 Å². The molecule has 1 aromatic carbocycles. The van der Waals surface area contributed by atoms with Gasteiger partial charge in [-0.1, -0.05) is 46.1 Å². The highest BCUT2D eigenvalue weighted by Gasteiger charge is 2.65. The molecule has 0 amide bonds. The van der Waals surface area contributed by atoms with Crippen molar-refractivity contribution in [2.24, 2.45) is 0 Å². The van der Waals surface area contributed by atoms with Crippen molar-refractivity contribution in [1.82, 2.24) is 0 Å². The lowest BCUT2D eigenvalue weighted by Gasteiger charge is -2.50. The largest absolute Gasteiger partial charge is 0.493 e. The average Bonchev–Trinajstić information content (AvgIpc) is 3.00. The van der Waals surface area contributed by atoms with E-state index in [0.29, 0.717) is 17.9 Å². The number of benzene rings is 1. The predicted octanol–water partition coefficient (Wildman–Crippen LogP) is 4.12. The molecule has 1 aromatic rings. The van der Waals surface area contributed by atoms with Crippen molar-refractivity contribution < 1.29 is 19.4 Å². The molecule has 0 saturated heterocycles. The Morgan fingerprint density at radius 3 is 2.58 bits per heavy atom. The first-order chi connectivity index (χ1) is 12.5. The molecule has 0 aromatic heterocycles. The van der Waals surface area contributed by atoms with Gasteiger partial charge in [-0.05, 0) is 43.0 Å². The van der Waals surface area contributed by atoms with E-state index in [2.05, 4.69) is 20.8 Å². The van der Waals surface area contributed by atoms with E-state index in [1.54, 1.807) is 13.2 Å². The molecular weight excluding hydrogens is 328 g/mol. The highest BCUT2D eigenvalue weighted by Crippen LogP contribution is 2.61. The molecule has 1 N–H and O–H groups in total. The summed E-state index contributed by atoms with van der Waals surface area (Å²) in [4.78, 5) is 12.6. The van der Waals surface area contributed by atoms with Gasteiger partial charge in [0.15, 0.2) is 23.4 Å². The van der Waals surface area contributed by atoms with Crippen LogP contribution >= 0.6 is 0 Å². The monoisotopic (exact) mass is 358 g/mol. The Morgan fingerprint density at radius 2 is 1.92 bits per heavy atom. The van der Waals surface area contributed by atoms with Crippen molar-refractivity contribution in [3.8, 4) is 11.5 Å². The lowest BCUT2D eigenvalue weighted by Crippen LogP contribution is -2.62. The molecule has 142 valence electrons. The van der Waals surface area contributed by atoms with Gasteiger partial charge in [-0.3, -0.25) is 4.79 Å². The molecule has 1 spiro atoms. The summed E-state index contributed by atoms with van der Waals surface area (Å²) < 4.78 is 11.6. The van der Waals surface area contributed by atoms with Gasteiger partial charge in [0, 0.05) is 5.56 Å². The molecule has 3 aliphatic rings. The summed E-state index contributed by atoms with van der Waals surface area (Å²) in [5, 5.41) is 11.4. The molecule has 3 atom stereocenters. The number of ketones is 1. The molecule has 26 heavy (non-hydrogen) atoms. The van der Waals surface area contributed by atoms with Gasteiger partial charge in [0.05, 0.1) is 18.1 Å². The number of rotatable bonds is 2. The third-order valence-electron chi connectivity index (χ3n) is 5.87. The van der Waals surface area contributed by atoms with Gasteiger partial charge in [0.2, 0.25) is 0 Å². The van der Waals surface area contributed by atoms with Crippen molar-refractivity contribution in [2.75, 3.05) is 7.11 Å². The van der Waals surface area contributed by atoms with Gasteiger partial charge < -0.3 is 14.6 Å². The number of methoxy groups -OCH3 is 1. The molecule has 1 heterocycles. The second-order valence-electron chi connectivity index (χ2n) is 7.53. The summed E-state index contributed by atoms with van der Waals surface area (Å²) in [6, 6.07) is 3.93. The Balaban J connectivity index is 0.000000613. The van der Waals surface area contributed by atoms with Crippen molar-refractivity contribution in [1.29, 1.82) is 0 Å². The summed E-state index contributed by atoms with van der Waals surface area (Å²) in [6.07, 6.45) is 8.02. The van der Waals surface area contributed by atoms with Crippen molar-refractivity contribution in [2.45, 2.75) is 76.4 Å². The van der Waals surface area contributed by atoms with Crippen LogP contribution in [0.2, 0.25) is 0 Å². The average molecular weight is 358 g/mol. The molecule has 1 saturated carbocycles. The summed E-state index contributed by atoms with van der Waals surface area (Å²) in [5.74, 6) is 1.23. The fourth-order valence-electron chi connectivity index (χ4n) is 4.79. The number of aliphatic hydroxyl groups is 1. The Bertz CT molecular complexity index is 723. The highest BCUT2D eigenvalue weighted by atomic mass is 16.5. The molecule has 4 heteroatoms. The first-order valence-electron chi connectivity index (χ1n) is 9.81. The zero-order chi connectivity index (χ0) is 18.9. The number of aryl methyl sites for hydroxylation is 1. The van der Waals surface area contributed by atoms with Crippen LogP contribution < -0.4 is 9.47 Å². The number of hydrogen-bond acceptors (Lipinski definition) is 4. The maximum Gasteiger partial charge on any atom is 0.196 e. The van der Waals surface area contributed by atoms with E-state index < -0.39 is 17.1 Å². The summed E-state index contributed by atoms with van der Waals surface area (Å²) in [5.41, 5.74) is 0.425. The zero-order valence-corrected chi connectivity index (χ0v) is 16.3.